The summed E-state index contributed by atoms with van der Waals surface area (Å²) in [6, 6.07) is 3.86. The Labute approximate surface area is 82.2 Å². The lowest BCUT2D eigenvalue weighted by Crippen LogP contribution is -1.96. The van der Waals surface area contributed by atoms with E-state index in [-0.39, 0.29) is 0 Å². The highest BCUT2D eigenvalue weighted by Gasteiger charge is 1.98. The van der Waals surface area contributed by atoms with Gasteiger partial charge in [0.05, 0.1) is 17.6 Å². The van der Waals surface area contributed by atoms with Gasteiger partial charge in [0.1, 0.15) is 5.82 Å². The molecule has 0 aromatic carbocycles. The number of nitrogens with zero attached hydrogens (tertiary/aromatic N) is 1. The molecule has 0 aliphatic carbocycles. The van der Waals surface area contributed by atoms with Crippen molar-refractivity contribution in [1.29, 1.82) is 0 Å². The fourth-order valence-electron chi connectivity index (χ4n) is 1.18. The van der Waals surface area contributed by atoms with Gasteiger partial charge in [0, 0.05) is 12.4 Å². The summed E-state index contributed by atoms with van der Waals surface area (Å²) in [5.41, 5.74) is 8.39. The molecule has 14 heavy (non-hydrogen) atoms. The Morgan fingerprint density at radius 3 is 3.00 bits per heavy atom. The average Bonchev–Trinajstić information content (AvgIpc) is 2.64. The maximum Gasteiger partial charge on any atom is 0.130 e. The minimum Gasteiger partial charge on any atom is -0.397 e. The molecule has 2 heterocycles. The fraction of sp³-hybridized carbons (Fsp3) is 0.100. The summed E-state index contributed by atoms with van der Waals surface area (Å²) in [7, 11) is 0. The van der Waals surface area contributed by atoms with Crippen LogP contribution in [0.25, 0.3) is 0 Å². The molecular weight excluding hydrogens is 176 g/mol. The van der Waals surface area contributed by atoms with E-state index in [0.717, 1.165) is 17.1 Å². The molecule has 4 N–H and O–H groups in total. The molecule has 0 atom stereocenters. The molecule has 2 rings (SSSR count). The molecule has 0 aliphatic heterocycles. The number of hydrogen-bond acceptors (Lipinski definition) is 3. The lowest BCUT2D eigenvalue weighted by Gasteiger charge is -2.05. The third kappa shape index (κ3) is 1.69. The summed E-state index contributed by atoms with van der Waals surface area (Å²) in [4.78, 5) is 7.12. The van der Waals surface area contributed by atoms with E-state index < -0.39 is 0 Å². The minimum atomic E-state index is 0.713. The highest BCUT2D eigenvalue weighted by Crippen LogP contribution is 2.17. The molecule has 0 saturated carbocycles. The van der Waals surface area contributed by atoms with Crippen LogP contribution in [-0.2, 0) is 0 Å². The summed E-state index contributed by atoms with van der Waals surface area (Å²) in [6.45, 7) is 1.96. The molecule has 2 aromatic heterocycles. The van der Waals surface area contributed by atoms with Crippen molar-refractivity contribution >= 4 is 17.2 Å². The zero-order valence-corrected chi connectivity index (χ0v) is 7.91. The van der Waals surface area contributed by atoms with Crippen LogP contribution in [0, 0.1) is 6.92 Å². The number of aryl methyl sites for hydroxylation is 1. The topological polar surface area (TPSA) is 66.7 Å². The number of nitrogen functional groups attached to an aromatic ring is 1. The maximum absolute atomic E-state index is 5.67. The van der Waals surface area contributed by atoms with Crippen molar-refractivity contribution in [1.82, 2.24) is 9.97 Å². The second kappa shape index (κ2) is 3.41. The van der Waals surface area contributed by atoms with E-state index in [4.69, 9.17) is 5.73 Å². The molecule has 72 valence electrons. The number of anilines is 3. The Morgan fingerprint density at radius 2 is 2.36 bits per heavy atom. The van der Waals surface area contributed by atoms with E-state index in [1.807, 2.05) is 31.5 Å². The van der Waals surface area contributed by atoms with Gasteiger partial charge in [-0.1, -0.05) is 0 Å². The molecule has 0 aliphatic rings. The SMILES string of the molecule is Cc1cc(Nc2cc[nH]c2)ncc1N. The predicted octanol–water partition coefficient (Wildman–Crippen LogP) is 2.04. The quantitative estimate of drug-likeness (QED) is 0.675. The van der Waals surface area contributed by atoms with Gasteiger partial charge < -0.3 is 16.0 Å². The Kier molecular flexibility index (Phi) is 2.10. The molecule has 0 bridgehead atoms. The summed E-state index contributed by atoms with van der Waals surface area (Å²) in [6.07, 6.45) is 5.38. The Balaban J connectivity index is 2.22. The van der Waals surface area contributed by atoms with Crippen LogP contribution in [0.3, 0.4) is 0 Å². The number of hydrogen-bond donors (Lipinski definition) is 3. The lowest BCUT2D eigenvalue weighted by atomic mass is 10.2. The fourth-order valence-corrected chi connectivity index (χ4v) is 1.18. The summed E-state index contributed by atoms with van der Waals surface area (Å²) >= 11 is 0. The first-order valence-electron chi connectivity index (χ1n) is 4.37. The van der Waals surface area contributed by atoms with Gasteiger partial charge in [-0.2, -0.15) is 0 Å². The first-order chi connectivity index (χ1) is 6.75. The van der Waals surface area contributed by atoms with Gasteiger partial charge in [-0.15, -0.1) is 0 Å². The van der Waals surface area contributed by atoms with E-state index in [2.05, 4.69) is 15.3 Å². The van der Waals surface area contributed by atoms with E-state index in [1.54, 1.807) is 6.20 Å². The van der Waals surface area contributed by atoms with E-state index in [0.29, 0.717) is 5.69 Å². The van der Waals surface area contributed by atoms with E-state index in [9.17, 15) is 0 Å². The van der Waals surface area contributed by atoms with Crippen LogP contribution < -0.4 is 11.1 Å². The van der Waals surface area contributed by atoms with Crippen LogP contribution in [0.5, 0.6) is 0 Å². The number of nitrogens with one attached hydrogen (secondary N) is 2. The van der Waals surface area contributed by atoms with Crippen LogP contribution in [0.4, 0.5) is 17.2 Å². The molecule has 0 fully saturated rings. The maximum atomic E-state index is 5.67. The van der Waals surface area contributed by atoms with Gasteiger partial charge in [-0.05, 0) is 24.6 Å². The zero-order valence-electron chi connectivity index (χ0n) is 7.91. The smallest absolute Gasteiger partial charge is 0.130 e. The van der Waals surface area contributed by atoms with Crippen molar-refractivity contribution in [2.75, 3.05) is 11.1 Å². The minimum absolute atomic E-state index is 0.713. The lowest BCUT2D eigenvalue weighted by molar-refractivity contribution is 1.28. The first-order valence-corrected chi connectivity index (χ1v) is 4.37. The van der Waals surface area contributed by atoms with Crippen LogP contribution in [0.1, 0.15) is 5.56 Å². The van der Waals surface area contributed by atoms with Gasteiger partial charge >= 0.3 is 0 Å². The van der Waals surface area contributed by atoms with Crippen LogP contribution in [0.2, 0.25) is 0 Å². The normalized spacial score (nSPS) is 10.1. The summed E-state index contributed by atoms with van der Waals surface area (Å²) in [5.74, 6) is 0.802. The van der Waals surface area contributed by atoms with E-state index in [1.165, 1.54) is 0 Å². The van der Waals surface area contributed by atoms with Gasteiger partial charge in [0.25, 0.3) is 0 Å². The van der Waals surface area contributed by atoms with Gasteiger partial charge in [-0.25, -0.2) is 4.98 Å². The molecule has 4 heteroatoms. The Hall–Kier alpha value is -1.97. The van der Waals surface area contributed by atoms with Crippen LogP contribution in [0.15, 0.2) is 30.7 Å². The second-order valence-electron chi connectivity index (χ2n) is 3.15. The second-order valence-corrected chi connectivity index (χ2v) is 3.15. The standard InChI is InChI=1S/C10H12N4/c1-7-4-10(13-6-9(7)11)14-8-2-3-12-5-8/h2-6,12H,11H2,1H3,(H,13,14). The van der Waals surface area contributed by atoms with E-state index >= 15 is 0 Å². The third-order valence-corrected chi connectivity index (χ3v) is 2.02. The van der Waals surface area contributed by atoms with Crippen molar-refractivity contribution in [3.05, 3.63) is 36.3 Å². The summed E-state index contributed by atoms with van der Waals surface area (Å²) < 4.78 is 0. The zero-order chi connectivity index (χ0) is 9.97. The first kappa shape index (κ1) is 8.62. The van der Waals surface area contributed by atoms with Crippen molar-refractivity contribution in [2.24, 2.45) is 0 Å². The van der Waals surface area contributed by atoms with Crippen molar-refractivity contribution in [2.45, 2.75) is 6.92 Å². The van der Waals surface area contributed by atoms with Crippen LogP contribution in [-0.4, -0.2) is 9.97 Å². The van der Waals surface area contributed by atoms with Crippen LogP contribution >= 0.6 is 0 Å². The molecule has 0 unspecified atom stereocenters. The van der Waals surface area contributed by atoms with Crippen molar-refractivity contribution < 1.29 is 0 Å². The van der Waals surface area contributed by atoms with Crippen molar-refractivity contribution in [3.8, 4) is 0 Å². The van der Waals surface area contributed by atoms with Gasteiger partial charge in [0.15, 0.2) is 0 Å². The molecule has 4 nitrogen and oxygen atoms in total. The third-order valence-electron chi connectivity index (χ3n) is 2.02. The number of pyridine rings is 1. The molecule has 0 saturated heterocycles. The molecule has 2 aromatic rings. The Morgan fingerprint density at radius 1 is 1.50 bits per heavy atom. The highest BCUT2D eigenvalue weighted by molar-refractivity contribution is 5.58. The van der Waals surface area contributed by atoms with Gasteiger partial charge in [0.2, 0.25) is 0 Å². The van der Waals surface area contributed by atoms with Gasteiger partial charge in [-0.3, -0.25) is 0 Å². The Bertz CT molecular complexity index is 420. The average molecular weight is 188 g/mol. The number of nitrogens with two attached hydrogens (primary N) is 1. The number of aromatic amines is 1. The predicted molar refractivity (Wildman–Crippen MR) is 57.5 cm³/mol. The molecular formula is C10H12N4. The summed E-state index contributed by atoms with van der Waals surface area (Å²) in [5, 5.41) is 3.15. The van der Waals surface area contributed by atoms with Crippen molar-refractivity contribution in [3.63, 3.8) is 0 Å². The highest BCUT2D eigenvalue weighted by atomic mass is 15.0. The number of H-pyrrole nitrogens is 1. The number of rotatable bonds is 2. The number of aromatic nitrogens is 2. The molecule has 0 amide bonds. The largest absolute Gasteiger partial charge is 0.397 e. The monoisotopic (exact) mass is 188 g/mol. The molecule has 0 spiro atoms. The molecule has 0 radical (unpaired) electrons.